The molecule has 0 aromatic heterocycles. The molecule has 0 N–H and O–H groups in total. The van der Waals surface area contributed by atoms with Gasteiger partial charge in [0.15, 0.2) is 5.78 Å². The number of ketones is 1. The monoisotopic (exact) mass is 268 g/mol. The lowest BCUT2D eigenvalue weighted by molar-refractivity contribution is -0.131. The second-order valence-corrected chi connectivity index (χ2v) is 6.81. The molecule has 2 saturated carbocycles. The summed E-state index contributed by atoms with van der Waals surface area (Å²) in [6.45, 7) is 4.30. The Morgan fingerprint density at radius 1 is 1.15 bits per heavy atom. The Morgan fingerprint density at radius 2 is 1.90 bits per heavy atom. The van der Waals surface area contributed by atoms with E-state index in [1.165, 1.54) is 31.2 Å². The van der Waals surface area contributed by atoms with E-state index >= 15 is 0 Å². The van der Waals surface area contributed by atoms with Crippen molar-refractivity contribution in [1.29, 1.82) is 0 Å². The first-order chi connectivity index (χ1) is 9.59. The molecule has 20 heavy (non-hydrogen) atoms. The number of allylic oxidation sites excluding steroid dienone is 1. The minimum atomic E-state index is -0.0764. The number of aryl methyl sites for hydroxylation is 1. The zero-order valence-electron chi connectivity index (χ0n) is 12.6. The molecule has 106 valence electrons. The van der Waals surface area contributed by atoms with Crippen molar-refractivity contribution in [1.82, 2.24) is 0 Å². The molecule has 1 nitrogen and oxygen atoms in total. The zero-order valence-corrected chi connectivity index (χ0v) is 12.6. The highest BCUT2D eigenvalue weighted by Gasteiger charge is 2.46. The van der Waals surface area contributed by atoms with Crippen LogP contribution in [0.5, 0.6) is 0 Å². The van der Waals surface area contributed by atoms with Gasteiger partial charge in [0.2, 0.25) is 0 Å². The Kier molecular flexibility index (Phi) is 3.54. The fraction of sp³-hybridized carbons (Fsp3) is 0.526. The molecule has 1 aromatic carbocycles. The molecule has 2 unspecified atom stereocenters. The largest absolute Gasteiger partial charge is 0.294 e. The fourth-order valence-electron chi connectivity index (χ4n) is 3.98. The molecular formula is C19H24O. The number of hydrogen-bond acceptors (Lipinski definition) is 1. The Morgan fingerprint density at radius 3 is 2.65 bits per heavy atom. The van der Waals surface area contributed by atoms with Crippen LogP contribution >= 0.6 is 0 Å². The summed E-state index contributed by atoms with van der Waals surface area (Å²) in [4.78, 5) is 12.9. The summed E-state index contributed by atoms with van der Waals surface area (Å²) in [5, 5.41) is 0. The van der Waals surface area contributed by atoms with Crippen LogP contribution in [-0.2, 0) is 4.79 Å². The molecular weight excluding hydrogens is 244 g/mol. The van der Waals surface area contributed by atoms with E-state index in [4.69, 9.17) is 0 Å². The lowest BCUT2D eigenvalue weighted by Crippen LogP contribution is -2.42. The Hall–Kier alpha value is -1.37. The minimum Gasteiger partial charge on any atom is -0.294 e. The summed E-state index contributed by atoms with van der Waals surface area (Å²) in [7, 11) is 0. The highest BCUT2D eigenvalue weighted by Crippen LogP contribution is 2.49. The van der Waals surface area contributed by atoms with Gasteiger partial charge < -0.3 is 0 Å². The molecule has 0 bridgehead atoms. The maximum atomic E-state index is 12.9. The number of hydrogen-bond donors (Lipinski definition) is 0. The van der Waals surface area contributed by atoms with Gasteiger partial charge in [-0.05, 0) is 55.7 Å². The van der Waals surface area contributed by atoms with Gasteiger partial charge in [-0.15, -0.1) is 0 Å². The molecule has 0 saturated heterocycles. The first-order valence-electron chi connectivity index (χ1n) is 7.92. The summed E-state index contributed by atoms with van der Waals surface area (Å²) >= 11 is 0. The minimum absolute atomic E-state index is 0.0764. The standard InChI is InChI=1S/C19H24O/c1-14-6-8-15(9-7-14)13-16-10-11-17-5-3-4-12-19(17,2)18(16)20/h6-9,13,17H,3-5,10-12H2,1-2H3/b16-13+. The van der Waals surface area contributed by atoms with Crippen LogP contribution in [0.1, 0.15) is 56.6 Å². The second kappa shape index (κ2) is 5.20. The van der Waals surface area contributed by atoms with E-state index in [9.17, 15) is 4.79 Å². The maximum absolute atomic E-state index is 12.9. The van der Waals surface area contributed by atoms with Gasteiger partial charge in [-0.3, -0.25) is 4.79 Å². The Labute approximate surface area is 122 Å². The number of rotatable bonds is 1. The predicted octanol–water partition coefficient (Wildman–Crippen LogP) is 4.94. The topological polar surface area (TPSA) is 17.1 Å². The van der Waals surface area contributed by atoms with Crippen molar-refractivity contribution in [3.05, 3.63) is 41.0 Å². The van der Waals surface area contributed by atoms with Crippen molar-refractivity contribution in [3.8, 4) is 0 Å². The summed E-state index contributed by atoms with van der Waals surface area (Å²) in [6, 6.07) is 8.46. The van der Waals surface area contributed by atoms with Gasteiger partial charge in [-0.2, -0.15) is 0 Å². The van der Waals surface area contributed by atoms with Crippen molar-refractivity contribution < 1.29 is 4.79 Å². The molecule has 2 fully saturated rings. The maximum Gasteiger partial charge on any atom is 0.165 e. The third-order valence-electron chi connectivity index (χ3n) is 5.39. The molecule has 1 aromatic rings. The van der Waals surface area contributed by atoms with E-state index in [0.717, 1.165) is 24.0 Å². The van der Waals surface area contributed by atoms with Gasteiger partial charge in [0, 0.05) is 5.41 Å². The van der Waals surface area contributed by atoms with E-state index in [0.29, 0.717) is 11.7 Å². The molecule has 2 aliphatic carbocycles. The second-order valence-electron chi connectivity index (χ2n) is 6.81. The summed E-state index contributed by atoms with van der Waals surface area (Å²) < 4.78 is 0. The molecule has 0 spiro atoms. The molecule has 1 heteroatoms. The SMILES string of the molecule is Cc1ccc(/C=C2\CCC3CCCCC3(C)C2=O)cc1. The number of Topliss-reactive ketones (excluding diaryl/α,β-unsaturated/α-hetero) is 1. The molecule has 0 radical (unpaired) electrons. The molecule has 3 rings (SSSR count). The number of carbonyl (C=O) groups excluding carboxylic acids is 1. The Balaban J connectivity index is 1.88. The van der Waals surface area contributed by atoms with E-state index in [2.05, 4.69) is 44.2 Å². The highest BCUT2D eigenvalue weighted by atomic mass is 16.1. The van der Waals surface area contributed by atoms with Crippen LogP contribution in [0.4, 0.5) is 0 Å². The zero-order chi connectivity index (χ0) is 14.2. The summed E-state index contributed by atoms with van der Waals surface area (Å²) in [5.41, 5.74) is 3.40. The van der Waals surface area contributed by atoms with Crippen LogP contribution < -0.4 is 0 Å². The number of benzene rings is 1. The fourth-order valence-corrected chi connectivity index (χ4v) is 3.98. The van der Waals surface area contributed by atoms with Crippen LogP contribution in [0.15, 0.2) is 29.8 Å². The first-order valence-corrected chi connectivity index (χ1v) is 7.92. The lowest BCUT2D eigenvalue weighted by Gasteiger charge is -2.44. The van der Waals surface area contributed by atoms with Crippen LogP contribution in [0.2, 0.25) is 0 Å². The van der Waals surface area contributed by atoms with Crippen LogP contribution in [0.3, 0.4) is 0 Å². The first kappa shape index (κ1) is 13.6. The van der Waals surface area contributed by atoms with Gasteiger partial charge in [0.05, 0.1) is 0 Å². The van der Waals surface area contributed by atoms with Gasteiger partial charge in [0.25, 0.3) is 0 Å². The predicted molar refractivity (Wildman–Crippen MR) is 83.5 cm³/mol. The average molecular weight is 268 g/mol. The van der Waals surface area contributed by atoms with Crippen LogP contribution in [0.25, 0.3) is 6.08 Å². The normalized spacial score (nSPS) is 32.2. The van der Waals surface area contributed by atoms with Crippen molar-refractivity contribution in [2.24, 2.45) is 11.3 Å². The smallest absolute Gasteiger partial charge is 0.165 e. The van der Waals surface area contributed by atoms with Crippen LogP contribution in [-0.4, -0.2) is 5.78 Å². The van der Waals surface area contributed by atoms with Crippen LogP contribution in [0, 0.1) is 18.3 Å². The van der Waals surface area contributed by atoms with Crippen molar-refractivity contribution in [2.75, 3.05) is 0 Å². The molecule has 0 amide bonds. The third-order valence-corrected chi connectivity index (χ3v) is 5.39. The summed E-state index contributed by atoms with van der Waals surface area (Å²) in [5.74, 6) is 1.05. The van der Waals surface area contributed by atoms with Crippen molar-refractivity contribution in [2.45, 2.75) is 52.4 Å². The van der Waals surface area contributed by atoms with E-state index in [-0.39, 0.29) is 5.41 Å². The van der Waals surface area contributed by atoms with Crippen molar-refractivity contribution in [3.63, 3.8) is 0 Å². The average Bonchev–Trinajstić information content (AvgIpc) is 2.45. The van der Waals surface area contributed by atoms with Gasteiger partial charge in [0.1, 0.15) is 0 Å². The lowest BCUT2D eigenvalue weighted by atomic mass is 9.58. The van der Waals surface area contributed by atoms with Crippen molar-refractivity contribution >= 4 is 11.9 Å². The molecule has 0 aliphatic heterocycles. The van der Waals surface area contributed by atoms with E-state index < -0.39 is 0 Å². The number of carbonyl (C=O) groups is 1. The van der Waals surface area contributed by atoms with E-state index in [1.807, 2.05) is 0 Å². The van der Waals surface area contributed by atoms with Gasteiger partial charge in [-0.1, -0.05) is 49.6 Å². The Bertz CT molecular complexity index is 537. The number of fused-ring (bicyclic) bond motifs is 1. The van der Waals surface area contributed by atoms with Gasteiger partial charge in [-0.25, -0.2) is 0 Å². The highest BCUT2D eigenvalue weighted by molar-refractivity contribution is 6.04. The molecule has 0 heterocycles. The summed E-state index contributed by atoms with van der Waals surface area (Å²) in [6.07, 6.45) is 9.15. The molecule has 2 aliphatic rings. The molecule has 2 atom stereocenters. The third kappa shape index (κ3) is 2.34. The quantitative estimate of drug-likeness (QED) is 0.659. The van der Waals surface area contributed by atoms with Gasteiger partial charge >= 0.3 is 0 Å². The van der Waals surface area contributed by atoms with E-state index in [1.54, 1.807) is 0 Å².